The predicted octanol–water partition coefficient (Wildman–Crippen LogP) is 3.47. The summed E-state index contributed by atoms with van der Waals surface area (Å²) < 4.78 is 6.66. The molecule has 36 heavy (non-hydrogen) atoms. The number of hydrogen-bond donors (Lipinski definition) is 0. The van der Waals surface area contributed by atoms with E-state index in [-0.39, 0.29) is 24.0 Å². The summed E-state index contributed by atoms with van der Waals surface area (Å²) >= 11 is 0. The number of pyridine rings is 1. The van der Waals surface area contributed by atoms with Crippen molar-refractivity contribution >= 4 is 24.0 Å². The highest BCUT2D eigenvalue weighted by Gasteiger charge is 2.43. The van der Waals surface area contributed by atoms with E-state index in [9.17, 15) is 14.4 Å². The van der Waals surface area contributed by atoms with Gasteiger partial charge in [-0.25, -0.2) is 9.78 Å². The Balaban J connectivity index is 1.55. The normalized spacial score (nSPS) is 16.0. The second-order valence-corrected chi connectivity index (χ2v) is 8.87. The van der Waals surface area contributed by atoms with Gasteiger partial charge in [-0.05, 0) is 38.0 Å². The molecule has 1 amide bonds. The molecule has 3 aromatic rings. The van der Waals surface area contributed by atoms with Gasteiger partial charge in [0.05, 0.1) is 24.4 Å². The molecule has 0 unspecified atom stereocenters. The van der Waals surface area contributed by atoms with E-state index in [4.69, 9.17) is 9.72 Å². The number of piperidine rings is 1. The molecule has 4 heterocycles. The Morgan fingerprint density at radius 2 is 1.78 bits per heavy atom. The maximum absolute atomic E-state index is 13.4. The van der Waals surface area contributed by atoms with Crippen LogP contribution in [0, 0.1) is 0 Å². The number of rotatable bonds is 5. The molecule has 9 nitrogen and oxygen atoms in total. The van der Waals surface area contributed by atoms with Gasteiger partial charge in [0.1, 0.15) is 0 Å². The first-order valence-corrected chi connectivity index (χ1v) is 12.0. The summed E-state index contributed by atoms with van der Waals surface area (Å²) in [6.07, 6.45) is 7.81. The van der Waals surface area contributed by atoms with Crippen molar-refractivity contribution in [2.24, 2.45) is 0 Å². The highest BCUT2D eigenvalue weighted by Crippen LogP contribution is 2.37. The van der Waals surface area contributed by atoms with E-state index in [1.165, 1.54) is 10.6 Å². The number of carbonyl (C=O) groups is 2. The Morgan fingerprint density at radius 3 is 2.47 bits per heavy atom. The molecule has 1 spiro atoms. The van der Waals surface area contributed by atoms with Crippen LogP contribution in [-0.4, -0.2) is 63.1 Å². The Hall–Kier alpha value is -4.27. The predicted molar refractivity (Wildman–Crippen MR) is 136 cm³/mol. The van der Waals surface area contributed by atoms with E-state index in [2.05, 4.69) is 4.98 Å². The number of amides is 1. The molecule has 1 saturated heterocycles. The average Bonchev–Trinajstić information content (AvgIpc) is 2.91. The van der Waals surface area contributed by atoms with Crippen molar-refractivity contribution in [2.45, 2.75) is 25.3 Å². The molecule has 5 rings (SSSR count). The first kappa shape index (κ1) is 23.5. The van der Waals surface area contributed by atoms with Crippen LogP contribution >= 0.6 is 0 Å². The summed E-state index contributed by atoms with van der Waals surface area (Å²) in [5.74, 6) is 0.332. The molecule has 0 N–H and O–H groups in total. The summed E-state index contributed by atoms with van der Waals surface area (Å²) in [7, 11) is 0. The van der Waals surface area contributed by atoms with Crippen molar-refractivity contribution in [3.63, 3.8) is 0 Å². The number of anilines is 1. The van der Waals surface area contributed by atoms with Gasteiger partial charge in [-0.1, -0.05) is 30.3 Å². The largest absolute Gasteiger partial charge is 0.450 e. The fourth-order valence-electron chi connectivity index (χ4n) is 4.80. The zero-order valence-corrected chi connectivity index (χ0v) is 20.0. The number of ether oxygens (including phenoxy) is 1. The van der Waals surface area contributed by atoms with Gasteiger partial charge in [-0.3, -0.25) is 19.1 Å². The van der Waals surface area contributed by atoms with Crippen LogP contribution in [-0.2, 0) is 4.74 Å². The van der Waals surface area contributed by atoms with E-state index in [1.54, 1.807) is 54.7 Å². The number of nitrogens with zero attached hydrogens (tertiary/aromatic N) is 5. The molecule has 1 fully saturated rings. The Labute approximate surface area is 208 Å². The fourth-order valence-corrected chi connectivity index (χ4v) is 4.80. The molecule has 184 valence electrons. The van der Waals surface area contributed by atoms with Crippen LogP contribution in [0.2, 0.25) is 0 Å². The molecule has 9 heteroatoms. The van der Waals surface area contributed by atoms with Gasteiger partial charge >= 0.3 is 6.09 Å². The molecule has 2 aliphatic heterocycles. The molecule has 1 aromatic carbocycles. The van der Waals surface area contributed by atoms with Crippen LogP contribution in [0.1, 0.15) is 30.1 Å². The van der Waals surface area contributed by atoms with E-state index >= 15 is 0 Å². The molecule has 0 radical (unpaired) electrons. The van der Waals surface area contributed by atoms with Gasteiger partial charge in [0.2, 0.25) is 5.95 Å². The van der Waals surface area contributed by atoms with Crippen LogP contribution in [0.4, 0.5) is 10.7 Å². The van der Waals surface area contributed by atoms with E-state index in [1.807, 2.05) is 29.2 Å². The van der Waals surface area contributed by atoms with Crippen LogP contribution < -0.4 is 10.5 Å². The summed E-state index contributed by atoms with van der Waals surface area (Å²) in [6.45, 7) is 3.07. The minimum Gasteiger partial charge on any atom is -0.450 e. The molecular formula is C27H27N5O4. The monoisotopic (exact) mass is 485 g/mol. The van der Waals surface area contributed by atoms with Crippen LogP contribution in [0.25, 0.3) is 17.5 Å². The minimum absolute atomic E-state index is 0.0417. The lowest BCUT2D eigenvalue weighted by Crippen LogP contribution is -2.59. The van der Waals surface area contributed by atoms with Gasteiger partial charge in [-0.2, -0.15) is 0 Å². The van der Waals surface area contributed by atoms with Crippen molar-refractivity contribution < 1.29 is 14.3 Å². The molecule has 2 aromatic heterocycles. The van der Waals surface area contributed by atoms with Gasteiger partial charge in [0.15, 0.2) is 5.78 Å². The van der Waals surface area contributed by atoms with Gasteiger partial charge in [0, 0.05) is 48.9 Å². The lowest BCUT2D eigenvalue weighted by molar-refractivity contribution is 0.0882. The third-order valence-electron chi connectivity index (χ3n) is 6.78. The SMILES string of the molecule is CCOC(=O)N1CCC2(C=Cn3c(nc(-c4ccncc4)cc3=O)N2CC(=O)c2ccccc2)CC1. The number of hydrogen-bond acceptors (Lipinski definition) is 7. The Morgan fingerprint density at radius 1 is 1.06 bits per heavy atom. The maximum Gasteiger partial charge on any atom is 0.409 e. The quantitative estimate of drug-likeness (QED) is 0.511. The molecule has 0 atom stereocenters. The van der Waals surface area contributed by atoms with Crippen molar-refractivity contribution in [3.05, 3.63) is 82.9 Å². The van der Waals surface area contributed by atoms with E-state index in [0.29, 0.717) is 49.7 Å². The summed E-state index contributed by atoms with van der Waals surface area (Å²) in [4.78, 5) is 51.3. The minimum atomic E-state index is -0.580. The number of aromatic nitrogens is 3. The van der Waals surface area contributed by atoms with Gasteiger partial charge in [0.25, 0.3) is 5.56 Å². The van der Waals surface area contributed by atoms with Crippen molar-refractivity contribution in [3.8, 4) is 11.3 Å². The smallest absolute Gasteiger partial charge is 0.409 e. The number of fused-ring (bicyclic) bond motifs is 1. The number of benzene rings is 1. The van der Waals surface area contributed by atoms with Crippen molar-refractivity contribution in [1.29, 1.82) is 0 Å². The fraction of sp³-hybridized carbons (Fsp3) is 0.296. The molecule has 0 aliphatic carbocycles. The lowest BCUT2D eigenvalue weighted by Gasteiger charge is -2.49. The topological polar surface area (TPSA) is 97.6 Å². The maximum atomic E-state index is 13.4. The lowest BCUT2D eigenvalue weighted by atomic mass is 9.84. The number of Topliss-reactive ketones (excluding diaryl/α,β-unsaturated/α-hetero) is 1. The van der Waals surface area contributed by atoms with Crippen LogP contribution in [0.15, 0.2) is 71.8 Å². The van der Waals surface area contributed by atoms with Crippen molar-refractivity contribution in [2.75, 3.05) is 31.1 Å². The van der Waals surface area contributed by atoms with Gasteiger partial charge < -0.3 is 14.5 Å². The summed E-state index contributed by atoms with van der Waals surface area (Å²) in [5.41, 5.74) is 1.05. The zero-order valence-electron chi connectivity index (χ0n) is 20.0. The number of carbonyl (C=O) groups excluding carboxylic acids is 2. The Bertz CT molecular complexity index is 1350. The highest BCUT2D eigenvalue weighted by atomic mass is 16.6. The first-order valence-electron chi connectivity index (χ1n) is 12.0. The second kappa shape index (κ2) is 9.77. The third-order valence-corrected chi connectivity index (χ3v) is 6.78. The van der Waals surface area contributed by atoms with E-state index in [0.717, 1.165) is 5.56 Å². The molecular weight excluding hydrogens is 458 g/mol. The van der Waals surface area contributed by atoms with E-state index < -0.39 is 5.54 Å². The molecule has 0 saturated carbocycles. The van der Waals surface area contributed by atoms with Crippen molar-refractivity contribution in [1.82, 2.24) is 19.4 Å². The Kier molecular flexibility index (Phi) is 6.37. The van der Waals surface area contributed by atoms with Crippen LogP contribution in [0.3, 0.4) is 0 Å². The molecule has 2 aliphatic rings. The standard InChI is InChI=1S/C27H27N5O4/c1-2-36-26(35)30-15-10-27(11-16-30)12-17-31-24(34)18-22(20-8-13-28-14-9-20)29-25(31)32(27)19-23(33)21-6-4-3-5-7-21/h3-9,12-14,17-18H,2,10-11,15-16,19H2,1H3. The average molecular weight is 486 g/mol. The van der Waals surface area contributed by atoms with Gasteiger partial charge in [-0.15, -0.1) is 0 Å². The molecule has 0 bridgehead atoms. The number of likely N-dealkylation sites (tertiary alicyclic amines) is 1. The summed E-state index contributed by atoms with van der Waals surface area (Å²) in [6, 6.07) is 14.2. The zero-order chi connectivity index (χ0) is 25.1. The number of ketones is 1. The highest BCUT2D eigenvalue weighted by molar-refractivity contribution is 5.99. The second-order valence-electron chi connectivity index (χ2n) is 8.87. The summed E-state index contributed by atoms with van der Waals surface area (Å²) in [5, 5.41) is 0. The third kappa shape index (κ3) is 4.39. The van der Waals surface area contributed by atoms with Crippen LogP contribution in [0.5, 0.6) is 0 Å². The first-order chi connectivity index (χ1) is 17.5.